The Hall–Kier alpha value is -4.78. The van der Waals surface area contributed by atoms with Gasteiger partial charge in [-0.1, -0.05) is 35.7 Å². The molecule has 2 aliphatic rings. The molecule has 6 aromatic rings. The first-order chi connectivity index (χ1) is 25.6. The predicted octanol–water partition coefficient (Wildman–Crippen LogP) is 4.22. The monoisotopic (exact) mass is 790 g/mol. The number of aliphatic imine (C=N–C) groups is 1. The molecule has 2 aromatic carbocycles. The van der Waals surface area contributed by atoms with Gasteiger partial charge in [0.15, 0.2) is 27.7 Å². The van der Waals surface area contributed by atoms with Crippen LogP contribution in [0, 0.1) is 0 Å². The van der Waals surface area contributed by atoms with E-state index in [9.17, 15) is 9.59 Å². The van der Waals surface area contributed by atoms with E-state index in [0.717, 1.165) is 95.0 Å². The van der Waals surface area contributed by atoms with Crippen LogP contribution in [0.25, 0.3) is 43.6 Å². The lowest BCUT2D eigenvalue weighted by Crippen LogP contribution is -2.28. The minimum Gasteiger partial charge on any atom is -0.370 e. The number of hydrogen-bond donors (Lipinski definition) is 5. The molecule has 0 unspecified atom stereocenters. The number of aromatic nitrogens is 8. The number of carbonyl (C=O) groups is 2. The summed E-state index contributed by atoms with van der Waals surface area (Å²) in [5.74, 6) is -0.942. The Morgan fingerprint density at radius 1 is 0.685 bits per heavy atom. The van der Waals surface area contributed by atoms with Crippen LogP contribution in [0.15, 0.2) is 52.0 Å². The molecule has 8 rings (SSSR count). The van der Waals surface area contributed by atoms with Crippen molar-refractivity contribution in [2.45, 2.75) is 85.8 Å². The summed E-state index contributed by atoms with van der Waals surface area (Å²) in [5.41, 5.74) is 32.1. The minimum absolute atomic E-state index is 0. The number of rotatable bonds is 7. The molecule has 0 aliphatic heterocycles. The van der Waals surface area contributed by atoms with Crippen LogP contribution < -0.4 is 28.7 Å². The minimum atomic E-state index is -0.545. The van der Waals surface area contributed by atoms with Crippen molar-refractivity contribution >= 4 is 97.3 Å². The molecule has 0 atom stereocenters. The van der Waals surface area contributed by atoms with Gasteiger partial charge in [-0.25, -0.2) is 19.9 Å². The van der Waals surface area contributed by atoms with E-state index in [1.165, 1.54) is 23.5 Å². The molecule has 0 saturated heterocycles. The van der Waals surface area contributed by atoms with E-state index < -0.39 is 11.8 Å². The SMILES string of the molecule is CSc1ncc2ccc3c(C(N)=O)nn(C4CCC(N)CC4)c3c2n1.CSc1ncc2ccc3c(C(N)=O)nn(C4CCC(N=C(N)N)CC4)c3c2n1.Cl. The Bertz CT molecular complexity index is 2380. The van der Waals surface area contributed by atoms with Crippen molar-refractivity contribution in [1.82, 2.24) is 39.5 Å². The lowest BCUT2D eigenvalue weighted by molar-refractivity contribution is 0.0987. The summed E-state index contributed by atoms with van der Waals surface area (Å²) in [4.78, 5) is 46.3. The van der Waals surface area contributed by atoms with Crippen molar-refractivity contribution in [3.05, 3.63) is 48.0 Å². The molecule has 19 heteroatoms. The summed E-state index contributed by atoms with van der Waals surface area (Å²) in [6, 6.07) is 8.27. The van der Waals surface area contributed by atoms with Crippen molar-refractivity contribution < 1.29 is 9.59 Å². The number of halogens is 1. The third kappa shape index (κ3) is 7.60. The first kappa shape index (κ1) is 38.9. The predicted molar refractivity (Wildman–Crippen MR) is 216 cm³/mol. The highest BCUT2D eigenvalue weighted by Crippen LogP contribution is 2.37. The zero-order valence-corrected chi connectivity index (χ0v) is 32.3. The van der Waals surface area contributed by atoms with Crippen LogP contribution in [0.1, 0.15) is 84.4 Å². The van der Waals surface area contributed by atoms with Crippen LogP contribution in [0.4, 0.5) is 0 Å². The average Bonchev–Trinajstić information content (AvgIpc) is 3.76. The molecular formula is C35H43ClN14O2S2. The van der Waals surface area contributed by atoms with Gasteiger partial charge in [0, 0.05) is 40.0 Å². The largest absolute Gasteiger partial charge is 0.370 e. The van der Waals surface area contributed by atoms with Gasteiger partial charge >= 0.3 is 0 Å². The van der Waals surface area contributed by atoms with Gasteiger partial charge in [0.2, 0.25) is 0 Å². The molecule has 0 bridgehead atoms. The molecule has 16 nitrogen and oxygen atoms in total. The Morgan fingerprint density at radius 2 is 1.11 bits per heavy atom. The van der Waals surface area contributed by atoms with E-state index in [1.54, 1.807) is 6.20 Å². The Balaban J connectivity index is 0.000000182. The molecule has 2 aliphatic carbocycles. The summed E-state index contributed by atoms with van der Waals surface area (Å²) < 4.78 is 3.86. The first-order valence-corrected chi connectivity index (χ1v) is 19.9. The van der Waals surface area contributed by atoms with Crippen molar-refractivity contribution in [2.24, 2.45) is 33.7 Å². The number of benzene rings is 2. The lowest BCUT2D eigenvalue weighted by atomic mass is 9.91. The fourth-order valence-electron chi connectivity index (χ4n) is 7.48. The number of nitrogens with zero attached hydrogens (tertiary/aromatic N) is 9. The molecule has 2 saturated carbocycles. The normalized spacial score (nSPS) is 20.0. The number of hydrogen-bond acceptors (Lipinski definition) is 12. The number of amides is 2. The second kappa shape index (κ2) is 16.3. The quantitative estimate of drug-likeness (QED) is 0.0657. The van der Waals surface area contributed by atoms with Gasteiger partial charge in [0.1, 0.15) is 11.0 Å². The third-order valence-corrected chi connectivity index (χ3v) is 11.2. The fraction of sp³-hybridized carbons (Fsp3) is 0.400. The topological polar surface area (TPSA) is 264 Å². The van der Waals surface area contributed by atoms with Crippen molar-refractivity contribution in [3.8, 4) is 0 Å². The number of nitrogens with two attached hydrogens (primary N) is 5. The number of carbonyl (C=O) groups excluding carboxylic acids is 2. The standard InChI is InChI=1S/C18H22N8OS.C17H20N6OS.ClH/c1-28-18-22-8-9-2-7-12-14(16(19)27)25-26(15(12)13(9)24-18)11-5-3-10(4-6-11)23-17(20)21;1-25-17-20-8-9-2-7-12-14(16(19)24)22-23(15(12)13(9)21-17)11-5-3-10(18)4-6-11;/h2,7-8,10-11H,3-6H2,1H3,(H2,19,27)(H4,20,21,23);2,7-8,10-11H,3-6,18H2,1H3,(H2,19,24);1H. The Kier molecular flexibility index (Phi) is 11.7. The van der Waals surface area contributed by atoms with Gasteiger partial charge in [0.25, 0.3) is 11.8 Å². The summed E-state index contributed by atoms with van der Waals surface area (Å²) in [6.45, 7) is 0. The molecule has 2 fully saturated rings. The summed E-state index contributed by atoms with van der Waals surface area (Å²) in [7, 11) is 0. The third-order valence-electron chi connectivity index (χ3n) is 10.1. The van der Waals surface area contributed by atoms with Crippen molar-refractivity contribution in [3.63, 3.8) is 0 Å². The molecule has 0 spiro atoms. The van der Waals surface area contributed by atoms with Crippen LogP contribution in [-0.4, -0.2) is 81.9 Å². The Morgan fingerprint density at radius 3 is 1.50 bits per heavy atom. The van der Waals surface area contributed by atoms with E-state index in [2.05, 4.69) is 35.1 Å². The number of guanidine groups is 1. The second-order valence-electron chi connectivity index (χ2n) is 13.4. The summed E-state index contributed by atoms with van der Waals surface area (Å²) in [6.07, 6.45) is 14.7. The van der Waals surface area contributed by atoms with Gasteiger partial charge in [0.05, 0.1) is 29.2 Å². The summed E-state index contributed by atoms with van der Waals surface area (Å²) >= 11 is 2.96. The van der Waals surface area contributed by atoms with E-state index in [0.29, 0.717) is 16.0 Å². The molecule has 0 radical (unpaired) electrons. The molecule has 4 aromatic heterocycles. The molecule has 54 heavy (non-hydrogen) atoms. The van der Waals surface area contributed by atoms with Gasteiger partial charge in [-0.2, -0.15) is 10.2 Å². The molecule has 284 valence electrons. The smallest absolute Gasteiger partial charge is 0.269 e. The van der Waals surface area contributed by atoms with Crippen molar-refractivity contribution in [2.75, 3.05) is 12.5 Å². The van der Waals surface area contributed by atoms with E-state index >= 15 is 0 Å². The number of primary amides is 2. The first-order valence-electron chi connectivity index (χ1n) is 17.4. The van der Waals surface area contributed by atoms with Gasteiger partial charge in [-0.15, -0.1) is 12.4 Å². The van der Waals surface area contributed by atoms with Crippen LogP contribution in [0.5, 0.6) is 0 Å². The zero-order valence-electron chi connectivity index (χ0n) is 29.9. The molecule has 10 N–H and O–H groups in total. The van der Waals surface area contributed by atoms with Gasteiger partial charge in [-0.3, -0.25) is 23.9 Å². The van der Waals surface area contributed by atoms with E-state index in [-0.39, 0.29) is 48.2 Å². The number of thioether (sulfide) groups is 2. The van der Waals surface area contributed by atoms with Crippen LogP contribution >= 0.6 is 35.9 Å². The lowest BCUT2D eigenvalue weighted by Gasteiger charge is -2.27. The highest BCUT2D eigenvalue weighted by atomic mass is 35.5. The van der Waals surface area contributed by atoms with Crippen LogP contribution in [0.3, 0.4) is 0 Å². The van der Waals surface area contributed by atoms with Crippen LogP contribution in [-0.2, 0) is 0 Å². The van der Waals surface area contributed by atoms with E-state index in [1.807, 2.05) is 52.3 Å². The fourth-order valence-corrected chi connectivity index (χ4v) is 8.16. The molecular weight excluding hydrogens is 748 g/mol. The Labute approximate surface area is 325 Å². The molecule has 2 amide bonds. The van der Waals surface area contributed by atoms with Crippen LogP contribution in [0.2, 0.25) is 0 Å². The highest BCUT2D eigenvalue weighted by Gasteiger charge is 2.28. The zero-order chi connectivity index (χ0) is 37.4. The maximum absolute atomic E-state index is 12.0. The van der Waals surface area contributed by atoms with E-state index in [4.69, 9.17) is 28.7 Å². The highest BCUT2D eigenvalue weighted by molar-refractivity contribution is 7.98. The average molecular weight is 791 g/mol. The van der Waals surface area contributed by atoms with Crippen molar-refractivity contribution in [1.29, 1.82) is 0 Å². The maximum atomic E-state index is 12.0. The number of fused-ring (bicyclic) bond motifs is 6. The second-order valence-corrected chi connectivity index (χ2v) is 15.0. The van der Waals surface area contributed by atoms with Gasteiger partial charge in [-0.05, 0) is 76.0 Å². The van der Waals surface area contributed by atoms with Gasteiger partial charge < -0.3 is 28.7 Å². The molecule has 4 heterocycles. The maximum Gasteiger partial charge on any atom is 0.269 e. The summed E-state index contributed by atoms with van der Waals surface area (Å²) in [5, 5.41) is 13.8.